The molecule has 1 aliphatic rings. The normalized spacial score (nSPS) is 16.3. The van der Waals surface area contributed by atoms with Gasteiger partial charge in [-0.2, -0.15) is 4.98 Å². The molecule has 1 N–H and O–H groups in total. The molecule has 1 unspecified atom stereocenters. The molecule has 106 valence electrons. The first-order valence-corrected chi connectivity index (χ1v) is 7.38. The highest BCUT2D eigenvalue weighted by atomic mass is 35.5. The lowest BCUT2D eigenvalue weighted by atomic mass is 10.0. The number of hydrogen-bond acceptors (Lipinski definition) is 4. The zero-order chi connectivity index (χ0) is 13.9. The van der Waals surface area contributed by atoms with Gasteiger partial charge in [0.15, 0.2) is 5.82 Å². The quantitative estimate of drug-likeness (QED) is 0.887. The van der Waals surface area contributed by atoms with Gasteiger partial charge in [-0.15, -0.1) is 0 Å². The fourth-order valence-corrected chi connectivity index (χ4v) is 2.56. The number of benzene rings is 1. The van der Waals surface area contributed by atoms with Gasteiger partial charge in [0.2, 0.25) is 5.89 Å². The van der Waals surface area contributed by atoms with Gasteiger partial charge in [-0.25, -0.2) is 0 Å². The summed E-state index contributed by atoms with van der Waals surface area (Å²) in [7, 11) is 0. The molecule has 2 aromatic rings. The number of nitrogens with one attached hydrogen (secondary N) is 1. The molecule has 20 heavy (non-hydrogen) atoms. The first-order chi connectivity index (χ1) is 9.72. The van der Waals surface area contributed by atoms with Gasteiger partial charge in [-0.3, -0.25) is 0 Å². The topological polar surface area (TPSA) is 51.0 Å². The third-order valence-electron chi connectivity index (χ3n) is 3.61. The lowest BCUT2D eigenvalue weighted by Crippen LogP contribution is -2.25. The van der Waals surface area contributed by atoms with Crippen LogP contribution in [0.1, 0.15) is 36.2 Å². The molecule has 1 aromatic heterocycles. The molecule has 1 atom stereocenters. The number of aromatic nitrogens is 2. The molecule has 4 nitrogen and oxygen atoms in total. The van der Waals surface area contributed by atoms with E-state index in [9.17, 15) is 0 Å². The van der Waals surface area contributed by atoms with Crippen molar-refractivity contribution in [1.82, 2.24) is 15.5 Å². The Balaban J connectivity index is 1.59. The zero-order valence-corrected chi connectivity index (χ0v) is 12.2. The van der Waals surface area contributed by atoms with Crippen LogP contribution in [0.2, 0.25) is 5.02 Å². The fourth-order valence-electron chi connectivity index (χ4n) is 2.44. The van der Waals surface area contributed by atoms with Crippen molar-refractivity contribution in [3.05, 3.63) is 46.6 Å². The van der Waals surface area contributed by atoms with Crippen LogP contribution in [0.25, 0.3) is 0 Å². The summed E-state index contributed by atoms with van der Waals surface area (Å²) >= 11 is 5.95. The highest BCUT2D eigenvalue weighted by Crippen LogP contribution is 2.41. The summed E-state index contributed by atoms with van der Waals surface area (Å²) in [5.41, 5.74) is 1.31. The minimum Gasteiger partial charge on any atom is -0.340 e. The molecule has 3 rings (SSSR count). The summed E-state index contributed by atoms with van der Waals surface area (Å²) in [6.07, 6.45) is 3.37. The third-order valence-corrected chi connectivity index (χ3v) is 3.86. The van der Waals surface area contributed by atoms with Gasteiger partial charge in [-0.1, -0.05) is 28.9 Å². The van der Waals surface area contributed by atoms with Gasteiger partial charge >= 0.3 is 0 Å². The first kappa shape index (κ1) is 13.6. The molecule has 1 aliphatic carbocycles. The van der Waals surface area contributed by atoms with Crippen molar-refractivity contribution >= 4 is 11.6 Å². The van der Waals surface area contributed by atoms with Crippen LogP contribution < -0.4 is 5.32 Å². The first-order valence-electron chi connectivity index (χ1n) is 7.00. The van der Waals surface area contributed by atoms with Crippen LogP contribution in [0.4, 0.5) is 0 Å². The average Bonchev–Trinajstić information content (AvgIpc) is 3.19. The molecule has 0 saturated heterocycles. The van der Waals surface area contributed by atoms with Crippen LogP contribution >= 0.6 is 11.6 Å². The number of halogens is 1. The van der Waals surface area contributed by atoms with Crippen LogP contribution in [0.15, 0.2) is 28.8 Å². The molecular formula is C15H18ClN3O. The standard InChI is InChI=1S/C15H18ClN3O/c1-10-18-14(19-20-10)8-9-17-15(11-2-3-11)12-4-6-13(16)7-5-12/h4-7,11,15,17H,2-3,8-9H2,1H3. The van der Waals surface area contributed by atoms with E-state index in [2.05, 4.69) is 27.6 Å². The van der Waals surface area contributed by atoms with E-state index in [4.69, 9.17) is 16.1 Å². The van der Waals surface area contributed by atoms with Gasteiger partial charge in [0, 0.05) is 31.0 Å². The Kier molecular flexibility index (Phi) is 4.03. The molecule has 0 spiro atoms. The maximum Gasteiger partial charge on any atom is 0.223 e. The number of nitrogens with zero attached hydrogens (tertiary/aromatic N) is 2. The van der Waals surface area contributed by atoms with Crippen LogP contribution in [-0.2, 0) is 6.42 Å². The predicted molar refractivity (Wildman–Crippen MR) is 77.7 cm³/mol. The Labute approximate surface area is 123 Å². The van der Waals surface area contributed by atoms with Crippen LogP contribution in [-0.4, -0.2) is 16.7 Å². The van der Waals surface area contributed by atoms with Gasteiger partial charge in [-0.05, 0) is 36.5 Å². The van der Waals surface area contributed by atoms with Crippen LogP contribution in [0.5, 0.6) is 0 Å². The second kappa shape index (κ2) is 5.94. The Morgan fingerprint density at radius 1 is 1.35 bits per heavy atom. The molecule has 1 heterocycles. The Morgan fingerprint density at radius 2 is 2.10 bits per heavy atom. The van der Waals surface area contributed by atoms with Crippen molar-refractivity contribution in [3.8, 4) is 0 Å². The van der Waals surface area contributed by atoms with Crippen LogP contribution in [0, 0.1) is 12.8 Å². The highest BCUT2D eigenvalue weighted by Gasteiger charge is 2.31. The number of hydrogen-bond donors (Lipinski definition) is 1. The third kappa shape index (κ3) is 3.38. The SMILES string of the molecule is Cc1nc(CCNC(c2ccc(Cl)cc2)C2CC2)no1. The fraction of sp³-hybridized carbons (Fsp3) is 0.467. The van der Waals surface area contributed by atoms with E-state index in [1.54, 1.807) is 0 Å². The Hall–Kier alpha value is -1.39. The summed E-state index contributed by atoms with van der Waals surface area (Å²) in [5, 5.41) is 8.31. The number of rotatable bonds is 6. The van der Waals surface area contributed by atoms with Gasteiger partial charge in [0.05, 0.1) is 0 Å². The van der Waals surface area contributed by atoms with Crippen LogP contribution in [0.3, 0.4) is 0 Å². The monoisotopic (exact) mass is 291 g/mol. The van der Waals surface area contributed by atoms with Crippen molar-refractivity contribution < 1.29 is 4.52 Å². The zero-order valence-electron chi connectivity index (χ0n) is 11.5. The average molecular weight is 292 g/mol. The minimum atomic E-state index is 0.403. The predicted octanol–water partition coefficient (Wildman–Crippen LogP) is 3.31. The van der Waals surface area contributed by atoms with E-state index >= 15 is 0 Å². The van der Waals surface area contributed by atoms with Crippen molar-refractivity contribution in [3.63, 3.8) is 0 Å². The van der Waals surface area contributed by atoms with Crippen molar-refractivity contribution in [2.24, 2.45) is 5.92 Å². The molecule has 0 aliphatic heterocycles. The maximum absolute atomic E-state index is 5.95. The number of aryl methyl sites for hydroxylation is 1. The highest BCUT2D eigenvalue weighted by molar-refractivity contribution is 6.30. The molecule has 0 amide bonds. The van der Waals surface area contributed by atoms with Gasteiger partial charge < -0.3 is 9.84 Å². The summed E-state index contributed by atoms with van der Waals surface area (Å²) in [4.78, 5) is 4.22. The molecule has 0 bridgehead atoms. The lowest BCUT2D eigenvalue weighted by Gasteiger charge is -2.18. The van der Waals surface area contributed by atoms with Crippen molar-refractivity contribution in [1.29, 1.82) is 0 Å². The molecule has 1 fully saturated rings. The van der Waals surface area contributed by atoms with Crippen molar-refractivity contribution in [2.75, 3.05) is 6.54 Å². The molecule has 5 heteroatoms. The smallest absolute Gasteiger partial charge is 0.223 e. The Morgan fingerprint density at radius 3 is 2.70 bits per heavy atom. The largest absolute Gasteiger partial charge is 0.340 e. The minimum absolute atomic E-state index is 0.403. The van der Waals surface area contributed by atoms with Gasteiger partial charge in [0.1, 0.15) is 0 Å². The van der Waals surface area contributed by atoms with E-state index < -0.39 is 0 Å². The summed E-state index contributed by atoms with van der Waals surface area (Å²) < 4.78 is 4.98. The second-order valence-electron chi connectivity index (χ2n) is 5.30. The summed E-state index contributed by atoms with van der Waals surface area (Å²) in [6.45, 7) is 2.66. The Bertz CT molecular complexity index is 563. The van der Waals surface area contributed by atoms with Gasteiger partial charge in [0.25, 0.3) is 0 Å². The summed E-state index contributed by atoms with van der Waals surface area (Å²) in [5.74, 6) is 2.13. The van der Waals surface area contributed by atoms with E-state index in [0.29, 0.717) is 11.9 Å². The molecule has 0 radical (unpaired) electrons. The maximum atomic E-state index is 5.95. The lowest BCUT2D eigenvalue weighted by molar-refractivity contribution is 0.385. The molecular weight excluding hydrogens is 274 g/mol. The summed E-state index contributed by atoms with van der Waals surface area (Å²) in [6, 6.07) is 8.53. The van der Waals surface area contributed by atoms with E-state index in [1.807, 2.05) is 19.1 Å². The van der Waals surface area contributed by atoms with E-state index in [-0.39, 0.29) is 0 Å². The second-order valence-corrected chi connectivity index (χ2v) is 5.74. The molecule has 1 aromatic carbocycles. The molecule has 1 saturated carbocycles. The van der Waals surface area contributed by atoms with E-state index in [0.717, 1.165) is 29.7 Å². The van der Waals surface area contributed by atoms with Crippen molar-refractivity contribution in [2.45, 2.75) is 32.2 Å². The van der Waals surface area contributed by atoms with E-state index in [1.165, 1.54) is 18.4 Å².